The lowest BCUT2D eigenvalue weighted by atomic mass is 10.2. The Hall–Kier alpha value is -0.970. The number of nitrogens with zero attached hydrogens (tertiary/aromatic N) is 2. The minimum atomic E-state index is -0.784. The third-order valence-corrected chi connectivity index (χ3v) is 4.35. The molecule has 100 valence electrons. The van der Waals surface area contributed by atoms with Gasteiger partial charge in [0, 0.05) is 17.9 Å². The number of carboxylic acid groups (broad SMARTS) is 1. The Morgan fingerprint density at radius 1 is 1.61 bits per heavy atom. The van der Waals surface area contributed by atoms with E-state index >= 15 is 0 Å². The number of carbonyl (C=O) groups is 1. The van der Waals surface area contributed by atoms with Crippen LogP contribution in [-0.2, 0) is 11.2 Å². The number of carboxylic acids is 1. The number of rotatable bonds is 7. The molecule has 2 atom stereocenters. The van der Waals surface area contributed by atoms with Crippen molar-refractivity contribution < 1.29 is 9.90 Å². The van der Waals surface area contributed by atoms with Crippen LogP contribution >= 0.6 is 11.8 Å². The maximum atomic E-state index is 10.7. The van der Waals surface area contributed by atoms with Crippen LogP contribution in [-0.4, -0.2) is 26.4 Å². The number of aliphatic carboxylic acids is 1. The number of aryl methyl sites for hydroxylation is 1. The Bertz CT molecular complexity index is 431. The molecule has 0 bridgehead atoms. The van der Waals surface area contributed by atoms with Gasteiger partial charge in [-0.05, 0) is 25.2 Å². The first-order valence-corrected chi connectivity index (χ1v) is 7.56. The Morgan fingerprint density at radius 3 is 3.00 bits per heavy atom. The average molecular weight is 268 g/mol. The number of hydrogen-bond donors (Lipinski definition) is 1. The summed E-state index contributed by atoms with van der Waals surface area (Å²) in [6.45, 7) is 4.33. The molecule has 0 amide bonds. The second-order valence-electron chi connectivity index (χ2n) is 4.79. The average Bonchev–Trinajstić information content (AvgIpc) is 2.97. The van der Waals surface area contributed by atoms with E-state index in [2.05, 4.69) is 23.4 Å². The molecular formula is C13H20N2O2S. The van der Waals surface area contributed by atoms with Crippen LogP contribution in [0.5, 0.6) is 0 Å². The Morgan fingerprint density at radius 2 is 2.39 bits per heavy atom. The van der Waals surface area contributed by atoms with E-state index in [1.165, 1.54) is 36.7 Å². The molecule has 1 aromatic heterocycles. The van der Waals surface area contributed by atoms with Crippen molar-refractivity contribution in [2.45, 2.75) is 50.7 Å². The van der Waals surface area contributed by atoms with Gasteiger partial charge in [-0.15, -0.1) is 0 Å². The first kappa shape index (κ1) is 13.5. The van der Waals surface area contributed by atoms with Crippen LogP contribution < -0.4 is 0 Å². The van der Waals surface area contributed by atoms with Crippen molar-refractivity contribution >= 4 is 17.7 Å². The lowest BCUT2D eigenvalue weighted by molar-refractivity contribution is -0.133. The summed E-state index contributed by atoms with van der Waals surface area (Å²) in [5, 5.41) is 9.64. The van der Waals surface area contributed by atoms with Crippen molar-refractivity contribution in [2.24, 2.45) is 5.92 Å². The van der Waals surface area contributed by atoms with E-state index in [1.54, 1.807) is 0 Å². The summed E-state index contributed by atoms with van der Waals surface area (Å²) in [5.74, 6) is 0.0675. The maximum absolute atomic E-state index is 10.7. The second kappa shape index (κ2) is 5.78. The molecule has 1 saturated carbocycles. The van der Waals surface area contributed by atoms with Crippen LogP contribution in [0, 0.1) is 5.92 Å². The molecular weight excluding hydrogens is 248 g/mol. The minimum absolute atomic E-state index is 0.0886. The van der Waals surface area contributed by atoms with Crippen LogP contribution in [0.1, 0.15) is 44.8 Å². The van der Waals surface area contributed by atoms with Crippen molar-refractivity contribution in [3.63, 3.8) is 0 Å². The van der Waals surface area contributed by atoms with E-state index in [4.69, 9.17) is 5.11 Å². The Balaban J connectivity index is 2.11. The fourth-order valence-corrected chi connectivity index (χ4v) is 3.23. The van der Waals surface area contributed by atoms with Gasteiger partial charge in [-0.3, -0.25) is 4.79 Å². The predicted octanol–water partition coefficient (Wildman–Crippen LogP) is 2.98. The first-order chi connectivity index (χ1) is 8.67. The lowest BCUT2D eigenvalue weighted by Gasteiger charge is -2.10. The smallest absolute Gasteiger partial charge is 0.313 e. The molecule has 1 aliphatic rings. The molecule has 1 heterocycles. The number of imidazole rings is 1. The summed E-state index contributed by atoms with van der Waals surface area (Å²) >= 11 is 1.33. The zero-order valence-electron chi connectivity index (χ0n) is 10.9. The van der Waals surface area contributed by atoms with E-state index in [-0.39, 0.29) is 5.75 Å². The van der Waals surface area contributed by atoms with Gasteiger partial charge in [0.25, 0.3) is 0 Å². The fourth-order valence-electron chi connectivity index (χ4n) is 2.46. The normalized spacial score (nSPS) is 22.1. The summed E-state index contributed by atoms with van der Waals surface area (Å²) in [5.41, 5.74) is 1.23. The van der Waals surface area contributed by atoms with Crippen molar-refractivity contribution in [1.29, 1.82) is 0 Å². The maximum Gasteiger partial charge on any atom is 0.313 e. The molecule has 0 radical (unpaired) electrons. The quantitative estimate of drug-likeness (QED) is 0.772. The summed E-state index contributed by atoms with van der Waals surface area (Å²) in [4.78, 5) is 15.0. The Labute approximate surface area is 112 Å². The van der Waals surface area contributed by atoms with Gasteiger partial charge in [0.2, 0.25) is 0 Å². The van der Waals surface area contributed by atoms with Gasteiger partial charge in [0.1, 0.15) is 0 Å². The standard InChI is InChI=1S/C13H20N2O2S/c1-3-5-9-6-11(9)15-10(4-2)7-14-13(15)18-8-12(16)17/h7,9,11H,3-6,8H2,1-2H3,(H,16,17). The second-order valence-corrected chi connectivity index (χ2v) is 5.73. The molecule has 4 nitrogen and oxygen atoms in total. The zero-order valence-corrected chi connectivity index (χ0v) is 11.7. The van der Waals surface area contributed by atoms with E-state index in [1.807, 2.05) is 6.20 Å². The van der Waals surface area contributed by atoms with Crippen LogP contribution in [0.4, 0.5) is 0 Å². The molecule has 0 aromatic carbocycles. The monoisotopic (exact) mass is 268 g/mol. The minimum Gasteiger partial charge on any atom is -0.481 e. The summed E-state index contributed by atoms with van der Waals surface area (Å²) in [6, 6.07) is 0.554. The molecule has 0 saturated heterocycles. The molecule has 5 heteroatoms. The first-order valence-electron chi connectivity index (χ1n) is 6.58. The largest absolute Gasteiger partial charge is 0.481 e. The molecule has 18 heavy (non-hydrogen) atoms. The highest BCUT2D eigenvalue weighted by Gasteiger charge is 2.39. The van der Waals surface area contributed by atoms with Crippen molar-refractivity contribution in [3.05, 3.63) is 11.9 Å². The van der Waals surface area contributed by atoms with Crippen molar-refractivity contribution in [3.8, 4) is 0 Å². The van der Waals surface area contributed by atoms with E-state index in [0.717, 1.165) is 17.5 Å². The molecule has 1 N–H and O–H groups in total. The SMILES string of the molecule is CCCC1CC1n1c(CC)cnc1SCC(=O)O. The molecule has 1 aliphatic carbocycles. The van der Waals surface area contributed by atoms with Crippen molar-refractivity contribution in [1.82, 2.24) is 9.55 Å². The number of aromatic nitrogens is 2. The Kier molecular flexibility index (Phi) is 4.32. The predicted molar refractivity (Wildman–Crippen MR) is 72.0 cm³/mol. The number of thioether (sulfide) groups is 1. The molecule has 0 aliphatic heterocycles. The molecule has 2 unspecified atom stereocenters. The molecule has 1 fully saturated rings. The lowest BCUT2D eigenvalue weighted by Crippen LogP contribution is -2.05. The summed E-state index contributed by atoms with van der Waals surface area (Å²) < 4.78 is 2.27. The third-order valence-electron chi connectivity index (χ3n) is 3.40. The summed E-state index contributed by atoms with van der Waals surface area (Å²) in [7, 11) is 0. The van der Waals surface area contributed by atoms with Crippen LogP contribution in [0.2, 0.25) is 0 Å². The molecule has 0 spiro atoms. The molecule has 1 aromatic rings. The van der Waals surface area contributed by atoms with Crippen LogP contribution in [0.15, 0.2) is 11.4 Å². The van der Waals surface area contributed by atoms with Gasteiger partial charge in [0.15, 0.2) is 5.16 Å². The van der Waals surface area contributed by atoms with E-state index < -0.39 is 5.97 Å². The van der Waals surface area contributed by atoms with Crippen LogP contribution in [0.3, 0.4) is 0 Å². The van der Waals surface area contributed by atoms with E-state index in [9.17, 15) is 4.79 Å². The van der Waals surface area contributed by atoms with Gasteiger partial charge in [0.05, 0.1) is 5.75 Å². The highest BCUT2D eigenvalue weighted by Crippen LogP contribution is 2.48. The topological polar surface area (TPSA) is 55.1 Å². The zero-order chi connectivity index (χ0) is 13.1. The van der Waals surface area contributed by atoms with Crippen LogP contribution in [0.25, 0.3) is 0 Å². The fraction of sp³-hybridized carbons (Fsp3) is 0.692. The van der Waals surface area contributed by atoms with Gasteiger partial charge < -0.3 is 9.67 Å². The highest BCUT2D eigenvalue weighted by molar-refractivity contribution is 7.99. The van der Waals surface area contributed by atoms with Gasteiger partial charge in [-0.25, -0.2) is 4.98 Å². The highest BCUT2D eigenvalue weighted by atomic mass is 32.2. The van der Waals surface area contributed by atoms with Crippen molar-refractivity contribution in [2.75, 3.05) is 5.75 Å². The molecule has 2 rings (SSSR count). The van der Waals surface area contributed by atoms with E-state index in [0.29, 0.717) is 6.04 Å². The van der Waals surface area contributed by atoms with Gasteiger partial charge >= 0.3 is 5.97 Å². The third kappa shape index (κ3) is 2.88. The van der Waals surface area contributed by atoms with Gasteiger partial charge in [-0.2, -0.15) is 0 Å². The van der Waals surface area contributed by atoms with Gasteiger partial charge in [-0.1, -0.05) is 32.0 Å². The number of hydrogen-bond acceptors (Lipinski definition) is 3. The summed E-state index contributed by atoms with van der Waals surface area (Å²) in [6.07, 6.45) is 6.54.